The Kier molecular flexibility index (Phi) is 8.96. The minimum Gasteiger partial charge on any atom is -0.258 e. The second-order valence-corrected chi connectivity index (χ2v) is 11.2. The largest absolute Gasteiger partial charge is 0.258 e. The van der Waals surface area contributed by atoms with Gasteiger partial charge in [0.15, 0.2) is 0 Å². The lowest BCUT2D eigenvalue weighted by atomic mass is 10.1. The monoisotopic (exact) mass is 458 g/mol. The van der Waals surface area contributed by atoms with Gasteiger partial charge in [0.1, 0.15) is 0 Å². The summed E-state index contributed by atoms with van der Waals surface area (Å²) in [4.78, 5) is 16.4. The molecule has 0 bridgehead atoms. The summed E-state index contributed by atoms with van der Waals surface area (Å²) in [5, 5.41) is 8.83. The molecule has 2 aromatic rings. The van der Waals surface area contributed by atoms with Crippen molar-refractivity contribution < 1.29 is 16.8 Å². The van der Waals surface area contributed by atoms with Crippen LogP contribution in [0.5, 0.6) is 0 Å². The molecule has 0 aliphatic heterocycles. The molecule has 0 aliphatic rings. The fourth-order valence-electron chi connectivity index (χ4n) is 2.33. The van der Waals surface area contributed by atoms with E-state index in [0.717, 1.165) is 11.4 Å². The van der Waals surface area contributed by atoms with Crippen LogP contribution >= 0.6 is 0 Å². The fraction of sp³-hybridized carbons (Fsp3) is 0.556. The van der Waals surface area contributed by atoms with Gasteiger partial charge in [-0.3, -0.25) is 19.9 Å². The van der Waals surface area contributed by atoms with Crippen LogP contribution in [0.1, 0.15) is 62.3 Å². The molecule has 0 radical (unpaired) electrons. The van der Waals surface area contributed by atoms with Crippen LogP contribution in [0.2, 0.25) is 0 Å². The lowest BCUT2D eigenvalue weighted by molar-refractivity contribution is 0.566. The van der Waals surface area contributed by atoms with E-state index in [1.165, 1.54) is 0 Å². The molecule has 30 heavy (non-hydrogen) atoms. The van der Waals surface area contributed by atoms with Crippen molar-refractivity contribution in [2.45, 2.75) is 63.9 Å². The second kappa shape index (κ2) is 10.3. The van der Waals surface area contributed by atoms with Gasteiger partial charge in [0.2, 0.25) is 20.0 Å². The van der Waals surface area contributed by atoms with E-state index in [4.69, 9.17) is 10.3 Å². The SMILES string of the molecule is Cc1cnc([C@@H](C)[C@H](C)S(N)(=O)=O)cn1.Cc1cnc([C@H](C)[C@@H](C)S(N)(=O)=O)cn1. The normalized spacial score (nSPS) is 16.0. The molecule has 10 nitrogen and oxygen atoms in total. The molecule has 0 unspecified atom stereocenters. The minimum atomic E-state index is -3.53. The Morgan fingerprint density at radius 3 is 1.13 bits per heavy atom. The Morgan fingerprint density at radius 1 is 0.633 bits per heavy atom. The van der Waals surface area contributed by atoms with Gasteiger partial charge in [0.25, 0.3) is 0 Å². The minimum absolute atomic E-state index is 0.256. The zero-order valence-corrected chi connectivity index (χ0v) is 19.6. The van der Waals surface area contributed by atoms with Gasteiger partial charge in [0.05, 0.1) is 33.3 Å². The van der Waals surface area contributed by atoms with Crippen LogP contribution in [-0.2, 0) is 20.0 Å². The first kappa shape index (κ1) is 26.0. The van der Waals surface area contributed by atoms with Crippen LogP contribution in [0, 0.1) is 13.8 Å². The van der Waals surface area contributed by atoms with Gasteiger partial charge in [-0.15, -0.1) is 0 Å². The molecule has 4 atom stereocenters. The summed E-state index contributed by atoms with van der Waals surface area (Å²) in [6.45, 7) is 10.3. The van der Waals surface area contributed by atoms with E-state index in [1.54, 1.807) is 52.5 Å². The highest BCUT2D eigenvalue weighted by molar-refractivity contribution is 7.90. The summed E-state index contributed by atoms with van der Waals surface area (Å²) in [6.07, 6.45) is 6.40. The first-order chi connectivity index (χ1) is 13.6. The Bertz CT molecular complexity index is 940. The van der Waals surface area contributed by atoms with Crippen molar-refractivity contribution in [1.82, 2.24) is 19.9 Å². The molecule has 2 rings (SSSR count). The van der Waals surface area contributed by atoms with Crippen molar-refractivity contribution in [1.29, 1.82) is 0 Å². The Hall–Kier alpha value is -2.02. The number of aromatic nitrogens is 4. The number of nitrogens with zero attached hydrogens (tertiary/aromatic N) is 4. The predicted octanol–water partition coefficient (Wildman–Crippen LogP) is 1.13. The smallest absolute Gasteiger partial charge is 0.212 e. The summed E-state index contributed by atoms with van der Waals surface area (Å²) >= 11 is 0. The van der Waals surface area contributed by atoms with Gasteiger partial charge in [0, 0.05) is 36.6 Å². The van der Waals surface area contributed by atoms with Crippen molar-refractivity contribution in [3.8, 4) is 0 Å². The number of hydrogen-bond donors (Lipinski definition) is 2. The lowest BCUT2D eigenvalue weighted by Gasteiger charge is -2.16. The number of primary sulfonamides is 2. The molecule has 2 heterocycles. The molecule has 0 aromatic carbocycles. The van der Waals surface area contributed by atoms with Crippen molar-refractivity contribution in [3.63, 3.8) is 0 Å². The third-order valence-electron chi connectivity index (χ3n) is 4.98. The predicted molar refractivity (Wildman–Crippen MR) is 116 cm³/mol. The second-order valence-electron chi connectivity index (χ2n) is 7.33. The van der Waals surface area contributed by atoms with E-state index in [0.29, 0.717) is 11.4 Å². The van der Waals surface area contributed by atoms with Crippen molar-refractivity contribution in [2.24, 2.45) is 10.3 Å². The number of rotatable bonds is 6. The van der Waals surface area contributed by atoms with E-state index >= 15 is 0 Å². The van der Waals surface area contributed by atoms with Crippen LogP contribution in [0.25, 0.3) is 0 Å². The first-order valence-electron chi connectivity index (χ1n) is 9.24. The topological polar surface area (TPSA) is 172 Å². The molecule has 4 N–H and O–H groups in total. The lowest BCUT2D eigenvalue weighted by Crippen LogP contribution is -2.30. The van der Waals surface area contributed by atoms with E-state index < -0.39 is 30.5 Å². The number of nitrogens with two attached hydrogens (primary N) is 2. The molecule has 0 spiro atoms. The zero-order chi connectivity index (χ0) is 23.3. The van der Waals surface area contributed by atoms with Gasteiger partial charge in [-0.2, -0.15) is 0 Å². The quantitative estimate of drug-likeness (QED) is 0.648. The van der Waals surface area contributed by atoms with E-state index in [2.05, 4.69) is 19.9 Å². The van der Waals surface area contributed by atoms with E-state index in [-0.39, 0.29) is 11.8 Å². The fourth-order valence-corrected chi connectivity index (χ4v) is 3.74. The molecule has 12 heteroatoms. The van der Waals surface area contributed by atoms with Crippen LogP contribution in [0.3, 0.4) is 0 Å². The standard InChI is InChI=1S/2C9H15N3O2S/c2*1-6-4-12-9(5-11-6)7(2)8(3)15(10,13)14/h2*4-5,7-8H,1-3H3,(H2,10,13,14)/t2*7-,8-/m10/s1. The van der Waals surface area contributed by atoms with Crippen LogP contribution < -0.4 is 10.3 Å². The number of sulfonamides is 2. The van der Waals surface area contributed by atoms with Crippen molar-refractivity contribution in [3.05, 3.63) is 47.6 Å². The van der Waals surface area contributed by atoms with Gasteiger partial charge in [-0.05, 0) is 27.7 Å². The molecule has 0 saturated heterocycles. The van der Waals surface area contributed by atoms with Gasteiger partial charge >= 0.3 is 0 Å². The molecule has 0 amide bonds. The molecule has 0 fully saturated rings. The van der Waals surface area contributed by atoms with E-state index in [9.17, 15) is 16.8 Å². The molecule has 0 saturated carbocycles. The molecular formula is C18H30N6O4S2. The summed E-state index contributed by atoms with van der Waals surface area (Å²) in [5.41, 5.74) is 2.88. The highest BCUT2D eigenvalue weighted by Crippen LogP contribution is 2.21. The first-order valence-corrected chi connectivity index (χ1v) is 12.5. The average Bonchev–Trinajstić information content (AvgIpc) is 2.66. The molecule has 0 aliphatic carbocycles. The molecule has 2 aromatic heterocycles. The maximum absolute atomic E-state index is 11.1. The average molecular weight is 459 g/mol. The highest BCUT2D eigenvalue weighted by Gasteiger charge is 2.26. The van der Waals surface area contributed by atoms with Crippen LogP contribution in [0.4, 0.5) is 0 Å². The van der Waals surface area contributed by atoms with Gasteiger partial charge < -0.3 is 0 Å². The third kappa shape index (κ3) is 7.67. The summed E-state index contributed by atoms with van der Waals surface area (Å²) in [7, 11) is -7.06. The summed E-state index contributed by atoms with van der Waals surface area (Å²) in [6, 6.07) is 0. The van der Waals surface area contributed by atoms with Crippen LogP contribution in [-0.4, -0.2) is 47.3 Å². The maximum Gasteiger partial charge on any atom is 0.212 e. The Balaban J connectivity index is 0.000000300. The highest BCUT2D eigenvalue weighted by atomic mass is 32.2. The summed E-state index contributed by atoms with van der Waals surface area (Å²) < 4.78 is 44.6. The Labute approximate surface area is 178 Å². The zero-order valence-electron chi connectivity index (χ0n) is 18.0. The van der Waals surface area contributed by atoms with E-state index in [1.807, 2.05) is 13.8 Å². The number of hydrogen-bond acceptors (Lipinski definition) is 8. The van der Waals surface area contributed by atoms with Crippen molar-refractivity contribution >= 4 is 20.0 Å². The Morgan fingerprint density at radius 2 is 0.933 bits per heavy atom. The molecule has 168 valence electrons. The van der Waals surface area contributed by atoms with Crippen LogP contribution in [0.15, 0.2) is 24.8 Å². The molecular weight excluding hydrogens is 428 g/mol. The van der Waals surface area contributed by atoms with Gasteiger partial charge in [-0.1, -0.05) is 13.8 Å². The third-order valence-corrected chi connectivity index (χ3v) is 7.87. The number of aryl methyl sites for hydroxylation is 2. The summed E-state index contributed by atoms with van der Waals surface area (Å²) in [5.74, 6) is -0.513. The van der Waals surface area contributed by atoms with Crippen molar-refractivity contribution in [2.75, 3.05) is 0 Å². The maximum atomic E-state index is 11.1. The van der Waals surface area contributed by atoms with Gasteiger partial charge in [-0.25, -0.2) is 27.1 Å².